The summed E-state index contributed by atoms with van der Waals surface area (Å²) in [6.07, 6.45) is 3.16. The first kappa shape index (κ1) is 18.9. The number of carbonyl (C=O) groups excluding carboxylic acids is 1. The van der Waals surface area contributed by atoms with E-state index in [1.54, 1.807) is 32.1 Å². The Labute approximate surface area is 149 Å². The van der Waals surface area contributed by atoms with Gasteiger partial charge in [0.05, 0.1) is 4.90 Å². The number of benzene rings is 2. The van der Waals surface area contributed by atoms with Crippen molar-refractivity contribution in [3.05, 3.63) is 66.2 Å². The van der Waals surface area contributed by atoms with Crippen molar-refractivity contribution >= 4 is 27.7 Å². The zero-order chi connectivity index (χ0) is 18.3. The van der Waals surface area contributed by atoms with Crippen LogP contribution in [0.1, 0.15) is 19.4 Å². The molecule has 1 N–H and O–H groups in total. The molecule has 0 bridgehead atoms. The summed E-state index contributed by atoms with van der Waals surface area (Å²) in [7, 11) is -3.49. The summed E-state index contributed by atoms with van der Waals surface area (Å²) in [6, 6.07) is 15.7. The lowest BCUT2D eigenvalue weighted by Gasteiger charge is -2.18. The minimum absolute atomic E-state index is 0.217. The van der Waals surface area contributed by atoms with Crippen molar-refractivity contribution in [2.75, 3.05) is 18.4 Å². The van der Waals surface area contributed by atoms with E-state index in [0.717, 1.165) is 5.56 Å². The van der Waals surface area contributed by atoms with Gasteiger partial charge in [-0.2, -0.15) is 4.31 Å². The zero-order valence-electron chi connectivity index (χ0n) is 14.3. The third-order valence-corrected chi connectivity index (χ3v) is 5.76. The normalized spacial score (nSPS) is 11.8. The van der Waals surface area contributed by atoms with Gasteiger partial charge in [-0.25, -0.2) is 8.42 Å². The molecule has 0 radical (unpaired) electrons. The van der Waals surface area contributed by atoms with Crippen LogP contribution in [0.4, 0.5) is 5.69 Å². The summed E-state index contributed by atoms with van der Waals surface area (Å²) in [6.45, 7) is 4.44. The molecule has 0 unspecified atom stereocenters. The van der Waals surface area contributed by atoms with Crippen molar-refractivity contribution in [3.8, 4) is 0 Å². The smallest absolute Gasteiger partial charge is 0.248 e. The van der Waals surface area contributed by atoms with E-state index < -0.39 is 10.0 Å². The molecule has 132 valence electrons. The molecule has 25 heavy (non-hydrogen) atoms. The number of nitrogens with one attached hydrogen (secondary N) is 1. The Bertz CT molecular complexity index is 825. The molecule has 5 nitrogen and oxygen atoms in total. The molecule has 0 aliphatic rings. The molecule has 0 fully saturated rings. The van der Waals surface area contributed by atoms with E-state index in [1.807, 2.05) is 30.3 Å². The molecule has 0 aliphatic heterocycles. The first-order chi connectivity index (χ1) is 12.0. The number of hydrogen-bond acceptors (Lipinski definition) is 3. The quantitative estimate of drug-likeness (QED) is 0.772. The predicted octanol–water partition coefficient (Wildman–Crippen LogP) is 3.37. The lowest BCUT2D eigenvalue weighted by molar-refractivity contribution is -0.111. The molecule has 0 saturated carbocycles. The first-order valence-corrected chi connectivity index (χ1v) is 9.55. The highest BCUT2D eigenvalue weighted by atomic mass is 32.2. The molecule has 1 amide bonds. The topological polar surface area (TPSA) is 66.5 Å². The number of carbonyl (C=O) groups is 1. The fraction of sp³-hybridized carbons (Fsp3) is 0.211. The number of nitrogens with zero attached hydrogens (tertiary/aromatic N) is 1. The second-order valence-electron chi connectivity index (χ2n) is 5.35. The maximum absolute atomic E-state index is 12.4. The van der Waals surface area contributed by atoms with Gasteiger partial charge in [-0.1, -0.05) is 44.2 Å². The van der Waals surface area contributed by atoms with E-state index in [1.165, 1.54) is 22.5 Å². The molecular weight excluding hydrogens is 336 g/mol. The maximum atomic E-state index is 12.4. The van der Waals surface area contributed by atoms with Crippen LogP contribution >= 0.6 is 0 Å². The largest absolute Gasteiger partial charge is 0.323 e. The van der Waals surface area contributed by atoms with Crippen LogP contribution in [0.5, 0.6) is 0 Å². The Morgan fingerprint density at radius 1 is 1.00 bits per heavy atom. The van der Waals surface area contributed by atoms with Gasteiger partial charge in [-0.05, 0) is 35.9 Å². The third kappa shape index (κ3) is 5.01. The van der Waals surface area contributed by atoms with Crippen molar-refractivity contribution in [2.24, 2.45) is 0 Å². The second-order valence-corrected chi connectivity index (χ2v) is 7.28. The minimum atomic E-state index is -3.49. The van der Waals surface area contributed by atoms with E-state index in [2.05, 4.69) is 5.32 Å². The second kappa shape index (κ2) is 8.60. The van der Waals surface area contributed by atoms with Crippen molar-refractivity contribution in [1.29, 1.82) is 0 Å². The third-order valence-electron chi connectivity index (χ3n) is 3.69. The van der Waals surface area contributed by atoms with E-state index in [4.69, 9.17) is 0 Å². The van der Waals surface area contributed by atoms with Gasteiger partial charge in [0.25, 0.3) is 0 Å². The van der Waals surface area contributed by atoms with E-state index in [-0.39, 0.29) is 10.8 Å². The summed E-state index contributed by atoms with van der Waals surface area (Å²) >= 11 is 0. The van der Waals surface area contributed by atoms with Crippen LogP contribution in [0.3, 0.4) is 0 Å². The SMILES string of the molecule is CCN(CC)S(=O)(=O)c1ccc(NC(=O)/C=C\c2ccccc2)cc1. The Hall–Kier alpha value is -2.44. The fourth-order valence-corrected chi connectivity index (χ4v) is 3.80. The number of amides is 1. The van der Waals surface area contributed by atoms with Crippen molar-refractivity contribution in [3.63, 3.8) is 0 Å². The molecule has 2 aromatic carbocycles. The van der Waals surface area contributed by atoms with Crippen molar-refractivity contribution in [2.45, 2.75) is 18.7 Å². The average molecular weight is 358 g/mol. The fourth-order valence-electron chi connectivity index (χ4n) is 2.34. The molecule has 0 spiro atoms. The van der Waals surface area contributed by atoms with Crippen LogP contribution in [0.15, 0.2) is 65.6 Å². The standard InChI is InChI=1S/C19H22N2O3S/c1-3-21(4-2)25(23,24)18-13-11-17(12-14-18)20-19(22)15-10-16-8-6-5-7-9-16/h5-15H,3-4H2,1-2H3,(H,20,22)/b15-10-. The highest BCUT2D eigenvalue weighted by Crippen LogP contribution is 2.18. The van der Waals surface area contributed by atoms with Crippen molar-refractivity contribution in [1.82, 2.24) is 4.31 Å². The summed E-state index contributed by atoms with van der Waals surface area (Å²) < 4.78 is 26.2. The summed E-state index contributed by atoms with van der Waals surface area (Å²) in [5.74, 6) is -0.275. The Morgan fingerprint density at radius 2 is 1.60 bits per heavy atom. The molecule has 0 atom stereocenters. The van der Waals surface area contributed by atoms with Crippen LogP contribution in [0.2, 0.25) is 0 Å². The molecule has 0 aliphatic carbocycles. The van der Waals surface area contributed by atoms with Gasteiger partial charge in [0.2, 0.25) is 15.9 Å². The molecule has 6 heteroatoms. The van der Waals surface area contributed by atoms with E-state index in [9.17, 15) is 13.2 Å². The summed E-state index contributed by atoms with van der Waals surface area (Å²) in [5.41, 5.74) is 1.47. The Morgan fingerprint density at radius 3 is 2.16 bits per heavy atom. The minimum Gasteiger partial charge on any atom is -0.323 e. The summed E-state index contributed by atoms with van der Waals surface area (Å²) in [4.78, 5) is 12.2. The van der Waals surface area contributed by atoms with E-state index >= 15 is 0 Å². The van der Waals surface area contributed by atoms with Gasteiger partial charge >= 0.3 is 0 Å². The van der Waals surface area contributed by atoms with Gasteiger partial charge < -0.3 is 5.32 Å². The molecule has 0 aromatic heterocycles. The number of sulfonamides is 1. The zero-order valence-corrected chi connectivity index (χ0v) is 15.2. The lowest BCUT2D eigenvalue weighted by atomic mass is 10.2. The molecular formula is C19H22N2O3S. The molecule has 0 heterocycles. The summed E-state index contributed by atoms with van der Waals surface area (Å²) in [5, 5.41) is 2.71. The van der Waals surface area contributed by atoms with Gasteiger partial charge in [0.15, 0.2) is 0 Å². The number of hydrogen-bond donors (Lipinski definition) is 1. The highest BCUT2D eigenvalue weighted by Gasteiger charge is 2.21. The van der Waals surface area contributed by atoms with Crippen LogP contribution < -0.4 is 5.32 Å². The van der Waals surface area contributed by atoms with Crippen LogP contribution in [-0.2, 0) is 14.8 Å². The van der Waals surface area contributed by atoms with Crippen LogP contribution in [-0.4, -0.2) is 31.7 Å². The van der Waals surface area contributed by atoms with Gasteiger partial charge in [0, 0.05) is 24.9 Å². The van der Waals surface area contributed by atoms with E-state index in [0.29, 0.717) is 18.8 Å². The van der Waals surface area contributed by atoms with Crippen molar-refractivity contribution < 1.29 is 13.2 Å². The van der Waals surface area contributed by atoms with Gasteiger partial charge in [-0.15, -0.1) is 0 Å². The first-order valence-electron chi connectivity index (χ1n) is 8.11. The van der Waals surface area contributed by atoms with Gasteiger partial charge in [-0.3, -0.25) is 4.79 Å². The van der Waals surface area contributed by atoms with Crippen LogP contribution in [0.25, 0.3) is 6.08 Å². The molecule has 2 aromatic rings. The average Bonchev–Trinajstić information content (AvgIpc) is 2.62. The number of rotatable bonds is 7. The van der Waals surface area contributed by atoms with Gasteiger partial charge in [0.1, 0.15) is 0 Å². The molecule has 0 saturated heterocycles. The lowest BCUT2D eigenvalue weighted by Crippen LogP contribution is -2.30. The van der Waals surface area contributed by atoms with Crippen LogP contribution in [0, 0.1) is 0 Å². The maximum Gasteiger partial charge on any atom is 0.248 e. The highest BCUT2D eigenvalue weighted by molar-refractivity contribution is 7.89. The Balaban J connectivity index is 2.05. The predicted molar refractivity (Wildman–Crippen MR) is 101 cm³/mol. The molecule has 2 rings (SSSR count). The monoisotopic (exact) mass is 358 g/mol. The Kier molecular flexibility index (Phi) is 6.50. The number of anilines is 1.